The number of carbonyl (C=O) groups is 1. The number of methoxy groups -OCH3 is 1. The number of hydrogen-bond donors (Lipinski definition) is 2. The van der Waals surface area contributed by atoms with Crippen LogP contribution in [0.15, 0.2) is 18.3 Å². The Morgan fingerprint density at radius 2 is 2.42 bits per heavy atom. The number of fused-ring (bicyclic) bond motifs is 3. The minimum Gasteiger partial charge on any atom is -0.493 e. The second-order valence-electron chi connectivity index (χ2n) is 5.34. The van der Waals surface area contributed by atoms with Gasteiger partial charge in [-0.2, -0.15) is 0 Å². The molecule has 3 aliphatic rings. The number of rotatable bonds is 3. The average Bonchev–Trinajstić information content (AvgIpc) is 2.49. The van der Waals surface area contributed by atoms with Crippen LogP contribution in [0.2, 0.25) is 0 Å². The molecule has 3 fully saturated rings. The molecule has 3 heterocycles. The van der Waals surface area contributed by atoms with Gasteiger partial charge in [-0.05, 0) is 43.9 Å². The first-order chi connectivity index (χ1) is 9.28. The standard InChI is InChI=1S/C14H19N3O2/c1-19-12-3-2-6-15-13(12)17-14(18)10-7-9-4-5-11(10)16-8-9/h2-3,6,9-11,16H,4-5,7-8H2,1H3,(H,15,17,18)/t9-,10+,11+/m0/s1. The summed E-state index contributed by atoms with van der Waals surface area (Å²) in [6.45, 7) is 1.06. The van der Waals surface area contributed by atoms with Gasteiger partial charge in [0.1, 0.15) is 0 Å². The van der Waals surface area contributed by atoms with Crippen molar-refractivity contribution in [2.24, 2.45) is 11.8 Å². The Balaban J connectivity index is 1.71. The predicted molar refractivity (Wildman–Crippen MR) is 72.0 cm³/mol. The molecule has 102 valence electrons. The van der Waals surface area contributed by atoms with Gasteiger partial charge in [-0.15, -0.1) is 0 Å². The zero-order valence-electron chi connectivity index (χ0n) is 11.1. The number of nitrogens with zero attached hydrogens (tertiary/aromatic N) is 1. The molecular weight excluding hydrogens is 242 g/mol. The molecule has 1 amide bonds. The highest BCUT2D eigenvalue weighted by Crippen LogP contribution is 2.34. The molecule has 5 nitrogen and oxygen atoms in total. The zero-order chi connectivity index (χ0) is 13.2. The van der Waals surface area contributed by atoms with Crippen molar-refractivity contribution < 1.29 is 9.53 Å². The Labute approximate surface area is 112 Å². The van der Waals surface area contributed by atoms with E-state index in [9.17, 15) is 4.79 Å². The van der Waals surface area contributed by atoms with Crippen LogP contribution >= 0.6 is 0 Å². The van der Waals surface area contributed by atoms with Gasteiger partial charge in [0.2, 0.25) is 5.91 Å². The summed E-state index contributed by atoms with van der Waals surface area (Å²) in [5, 5.41) is 6.35. The summed E-state index contributed by atoms with van der Waals surface area (Å²) in [6, 6.07) is 3.91. The number of piperidine rings is 2. The number of carbonyl (C=O) groups excluding carboxylic acids is 1. The molecule has 0 aromatic carbocycles. The molecule has 19 heavy (non-hydrogen) atoms. The number of ether oxygens (including phenoxy) is 1. The van der Waals surface area contributed by atoms with Gasteiger partial charge in [0.25, 0.3) is 0 Å². The Morgan fingerprint density at radius 3 is 3.05 bits per heavy atom. The van der Waals surface area contributed by atoms with Gasteiger partial charge in [-0.25, -0.2) is 4.98 Å². The average molecular weight is 261 g/mol. The number of anilines is 1. The lowest BCUT2D eigenvalue weighted by Gasteiger charge is -2.42. The van der Waals surface area contributed by atoms with Gasteiger partial charge in [-0.1, -0.05) is 0 Å². The first-order valence-corrected chi connectivity index (χ1v) is 6.81. The van der Waals surface area contributed by atoms with Gasteiger partial charge in [-0.3, -0.25) is 4.79 Å². The van der Waals surface area contributed by atoms with E-state index in [0.717, 1.165) is 19.4 Å². The first kappa shape index (κ1) is 12.4. The molecule has 2 N–H and O–H groups in total. The van der Waals surface area contributed by atoms with E-state index in [1.54, 1.807) is 25.4 Å². The van der Waals surface area contributed by atoms with Crippen LogP contribution in [-0.2, 0) is 4.79 Å². The normalized spacial score (nSPS) is 29.0. The van der Waals surface area contributed by atoms with Crippen LogP contribution in [-0.4, -0.2) is 30.6 Å². The second-order valence-corrected chi connectivity index (χ2v) is 5.34. The third-order valence-corrected chi connectivity index (χ3v) is 4.20. The molecule has 1 saturated carbocycles. The van der Waals surface area contributed by atoms with Gasteiger partial charge < -0.3 is 15.4 Å². The topological polar surface area (TPSA) is 63.2 Å². The van der Waals surface area contributed by atoms with Crippen LogP contribution in [0.25, 0.3) is 0 Å². The summed E-state index contributed by atoms with van der Waals surface area (Å²) in [7, 11) is 1.58. The van der Waals surface area contributed by atoms with Gasteiger partial charge in [0.15, 0.2) is 11.6 Å². The van der Waals surface area contributed by atoms with Crippen LogP contribution in [0.1, 0.15) is 19.3 Å². The molecule has 0 radical (unpaired) electrons. The van der Waals surface area contributed by atoms with Gasteiger partial charge in [0.05, 0.1) is 13.0 Å². The Kier molecular flexibility index (Phi) is 3.38. The minimum absolute atomic E-state index is 0.0545. The Bertz CT molecular complexity index is 470. The number of hydrogen-bond acceptors (Lipinski definition) is 4. The number of nitrogens with one attached hydrogen (secondary N) is 2. The van der Waals surface area contributed by atoms with E-state index in [1.165, 1.54) is 6.42 Å². The molecule has 1 aromatic heterocycles. The maximum Gasteiger partial charge on any atom is 0.230 e. The number of aromatic nitrogens is 1. The SMILES string of the molecule is COc1cccnc1NC(=O)[C@@H]1C[C@@H]2CC[C@H]1NC2. The second kappa shape index (κ2) is 5.17. The lowest BCUT2D eigenvalue weighted by Crippen LogP contribution is -2.53. The molecule has 4 rings (SSSR count). The molecule has 0 spiro atoms. The lowest BCUT2D eigenvalue weighted by molar-refractivity contribution is -0.123. The maximum absolute atomic E-state index is 12.4. The van der Waals surface area contributed by atoms with Gasteiger partial charge >= 0.3 is 0 Å². The van der Waals surface area contributed by atoms with Crippen molar-refractivity contribution in [2.45, 2.75) is 25.3 Å². The highest BCUT2D eigenvalue weighted by atomic mass is 16.5. The minimum atomic E-state index is 0.0545. The largest absolute Gasteiger partial charge is 0.493 e. The lowest BCUT2D eigenvalue weighted by atomic mass is 9.73. The summed E-state index contributed by atoms with van der Waals surface area (Å²) >= 11 is 0. The van der Waals surface area contributed by atoms with Crippen LogP contribution < -0.4 is 15.4 Å². The molecule has 5 heteroatoms. The number of amides is 1. The van der Waals surface area contributed by atoms with Crippen LogP contribution in [0.4, 0.5) is 5.82 Å². The summed E-state index contributed by atoms with van der Waals surface area (Å²) in [5.74, 6) is 1.87. The van der Waals surface area contributed by atoms with E-state index in [0.29, 0.717) is 23.5 Å². The van der Waals surface area contributed by atoms with Crippen LogP contribution in [0.5, 0.6) is 5.75 Å². The fourth-order valence-corrected chi connectivity index (χ4v) is 3.15. The van der Waals surface area contributed by atoms with Crippen molar-refractivity contribution in [3.05, 3.63) is 18.3 Å². The predicted octanol–water partition coefficient (Wildman–Crippen LogP) is 1.42. The van der Waals surface area contributed by atoms with Gasteiger partial charge in [0, 0.05) is 12.2 Å². The molecule has 2 bridgehead atoms. The highest BCUT2D eigenvalue weighted by molar-refractivity contribution is 5.93. The third-order valence-electron chi connectivity index (χ3n) is 4.20. The maximum atomic E-state index is 12.4. The van der Waals surface area contributed by atoms with E-state index in [4.69, 9.17) is 4.74 Å². The number of pyridine rings is 1. The molecule has 3 atom stereocenters. The molecule has 1 aromatic rings. The molecule has 0 unspecified atom stereocenters. The van der Waals surface area contributed by atoms with Crippen molar-refractivity contribution in [2.75, 3.05) is 19.0 Å². The van der Waals surface area contributed by atoms with E-state index in [2.05, 4.69) is 15.6 Å². The van der Waals surface area contributed by atoms with Crippen molar-refractivity contribution in [1.82, 2.24) is 10.3 Å². The van der Waals surface area contributed by atoms with E-state index < -0.39 is 0 Å². The van der Waals surface area contributed by atoms with E-state index in [1.807, 2.05) is 0 Å². The summed E-state index contributed by atoms with van der Waals surface area (Å²) < 4.78 is 5.20. The Hall–Kier alpha value is -1.62. The monoisotopic (exact) mass is 261 g/mol. The van der Waals surface area contributed by atoms with E-state index >= 15 is 0 Å². The van der Waals surface area contributed by atoms with E-state index in [-0.39, 0.29) is 11.8 Å². The molecule has 2 saturated heterocycles. The van der Waals surface area contributed by atoms with Crippen molar-refractivity contribution in [3.8, 4) is 5.75 Å². The first-order valence-electron chi connectivity index (χ1n) is 6.81. The fourth-order valence-electron chi connectivity index (χ4n) is 3.15. The molecular formula is C14H19N3O2. The zero-order valence-corrected chi connectivity index (χ0v) is 11.1. The van der Waals surface area contributed by atoms with Crippen molar-refractivity contribution >= 4 is 11.7 Å². The molecule has 2 aliphatic heterocycles. The highest BCUT2D eigenvalue weighted by Gasteiger charge is 2.39. The Morgan fingerprint density at radius 1 is 1.53 bits per heavy atom. The summed E-state index contributed by atoms with van der Waals surface area (Å²) in [5.41, 5.74) is 0. The summed E-state index contributed by atoms with van der Waals surface area (Å²) in [6.07, 6.45) is 4.98. The van der Waals surface area contributed by atoms with Crippen LogP contribution in [0.3, 0.4) is 0 Å². The quantitative estimate of drug-likeness (QED) is 0.863. The van der Waals surface area contributed by atoms with Crippen molar-refractivity contribution in [3.63, 3.8) is 0 Å². The molecule has 1 aliphatic carbocycles. The third kappa shape index (κ3) is 2.42. The van der Waals surface area contributed by atoms with Crippen LogP contribution in [0, 0.1) is 11.8 Å². The van der Waals surface area contributed by atoms with Crippen molar-refractivity contribution in [1.29, 1.82) is 0 Å². The smallest absolute Gasteiger partial charge is 0.230 e. The summed E-state index contributed by atoms with van der Waals surface area (Å²) in [4.78, 5) is 16.5. The fraction of sp³-hybridized carbons (Fsp3) is 0.571.